The van der Waals surface area contributed by atoms with Gasteiger partial charge in [-0.15, -0.1) is 0 Å². The van der Waals surface area contributed by atoms with E-state index in [1.54, 1.807) is 47.7 Å². The molecule has 4 rings (SSSR count). The lowest BCUT2D eigenvalue weighted by Gasteiger charge is -2.26. The number of sulfonamides is 1. The summed E-state index contributed by atoms with van der Waals surface area (Å²) < 4.78 is 35.7. The second kappa shape index (κ2) is 8.52. The van der Waals surface area contributed by atoms with Crippen LogP contribution in [0.15, 0.2) is 59.5 Å². The number of morpholine rings is 1. The SMILES string of the molecule is Cc1nn(-c2ccccc2)c(C)c1S(=O)(=O)Nc1ccc(C(=O)N2CCOCC2)cc1. The number of carbonyl (C=O) groups excluding carboxylic acids is 1. The third kappa shape index (κ3) is 4.33. The number of aromatic nitrogens is 2. The lowest BCUT2D eigenvalue weighted by Crippen LogP contribution is -2.40. The predicted octanol–water partition coefficient (Wildman–Crippen LogP) is 2.76. The first-order valence-corrected chi connectivity index (χ1v) is 11.5. The maximum atomic E-state index is 13.1. The van der Waals surface area contributed by atoms with E-state index in [9.17, 15) is 13.2 Å². The summed E-state index contributed by atoms with van der Waals surface area (Å²) in [5.74, 6) is -0.0893. The van der Waals surface area contributed by atoms with Crippen LogP contribution in [0.4, 0.5) is 5.69 Å². The van der Waals surface area contributed by atoms with Crippen molar-refractivity contribution in [3.8, 4) is 5.69 Å². The number of benzene rings is 2. The lowest BCUT2D eigenvalue weighted by molar-refractivity contribution is 0.0303. The highest BCUT2D eigenvalue weighted by molar-refractivity contribution is 7.92. The zero-order chi connectivity index (χ0) is 22.0. The molecule has 8 nitrogen and oxygen atoms in total. The van der Waals surface area contributed by atoms with Crippen LogP contribution in [0.2, 0.25) is 0 Å². The highest BCUT2D eigenvalue weighted by Crippen LogP contribution is 2.25. The van der Waals surface area contributed by atoms with Crippen LogP contribution in [0.25, 0.3) is 5.69 Å². The lowest BCUT2D eigenvalue weighted by atomic mass is 10.2. The number of ether oxygens (including phenoxy) is 1. The summed E-state index contributed by atoms with van der Waals surface area (Å²) in [5, 5.41) is 4.41. The molecule has 1 amide bonds. The molecule has 1 aliphatic rings. The Bertz CT molecular complexity index is 1180. The number of nitrogens with one attached hydrogen (secondary N) is 1. The molecule has 1 N–H and O–H groups in total. The smallest absolute Gasteiger partial charge is 0.265 e. The van der Waals surface area contributed by atoms with Gasteiger partial charge in [0.25, 0.3) is 15.9 Å². The minimum absolute atomic E-state index is 0.0893. The van der Waals surface area contributed by atoms with Crippen molar-refractivity contribution < 1.29 is 17.9 Å². The van der Waals surface area contributed by atoms with Crippen LogP contribution in [-0.4, -0.2) is 55.3 Å². The molecule has 0 aliphatic carbocycles. The van der Waals surface area contributed by atoms with Gasteiger partial charge in [0.2, 0.25) is 0 Å². The Morgan fingerprint density at radius 1 is 1.00 bits per heavy atom. The van der Waals surface area contributed by atoms with Crippen LogP contribution in [0.5, 0.6) is 0 Å². The maximum absolute atomic E-state index is 13.1. The predicted molar refractivity (Wildman–Crippen MR) is 117 cm³/mol. The Balaban J connectivity index is 1.55. The van der Waals surface area contributed by atoms with Crippen LogP contribution < -0.4 is 4.72 Å². The van der Waals surface area contributed by atoms with Crippen molar-refractivity contribution in [2.24, 2.45) is 0 Å². The minimum atomic E-state index is -3.86. The molecule has 1 saturated heterocycles. The Labute approximate surface area is 181 Å². The van der Waals surface area contributed by atoms with Gasteiger partial charge < -0.3 is 9.64 Å². The second-order valence-electron chi connectivity index (χ2n) is 7.33. The standard InChI is InChI=1S/C22H24N4O4S/c1-16-21(17(2)26(23-16)20-6-4-3-5-7-20)31(28,29)24-19-10-8-18(9-11-19)22(27)25-12-14-30-15-13-25/h3-11,24H,12-15H2,1-2H3. The Kier molecular flexibility index (Phi) is 5.79. The molecule has 2 aromatic carbocycles. The van der Waals surface area contributed by atoms with E-state index in [-0.39, 0.29) is 10.8 Å². The number of aryl methyl sites for hydroxylation is 1. The minimum Gasteiger partial charge on any atom is -0.378 e. The molecule has 9 heteroatoms. The second-order valence-corrected chi connectivity index (χ2v) is 8.95. The first-order chi connectivity index (χ1) is 14.9. The van der Waals surface area contributed by atoms with Gasteiger partial charge in [-0.05, 0) is 50.2 Å². The Morgan fingerprint density at radius 3 is 2.29 bits per heavy atom. The monoisotopic (exact) mass is 440 g/mol. The molecule has 31 heavy (non-hydrogen) atoms. The van der Waals surface area contributed by atoms with E-state index < -0.39 is 10.0 Å². The molecule has 162 valence electrons. The number of carbonyl (C=O) groups is 1. The van der Waals surface area contributed by atoms with E-state index in [1.165, 1.54) is 0 Å². The van der Waals surface area contributed by atoms with Crippen molar-refractivity contribution in [1.82, 2.24) is 14.7 Å². The van der Waals surface area contributed by atoms with Crippen LogP contribution in [0.3, 0.4) is 0 Å². The number of nitrogens with zero attached hydrogens (tertiary/aromatic N) is 3. The van der Waals surface area contributed by atoms with Gasteiger partial charge in [0.15, 0.2) is 0 Å². The summed E-state index contributed by atoms with van der Waals surface area (Å²) in [6.07, 6.45) is 0. The summed E-state index contributed by atoms with van der Waals surface area (Å²) in [6, 6.07) is 15.8. The van der Waals surface area contributed by atoms with Crippen LogP contribution in [-0.2, 0) is 14.8 Å². The van der Waals surface area contributed by atoms with Crippen molar-refractivity contribution in [3.05, 3.63) is 71.5 Å². The van der Waals surface area contributed by atoms with Crippen molar-refractivity contribution in [2.45, 2.75) is 18.7 Å². The molecule has 1 fully saturated rings. The average Bonchev–Trinajstić information content (AvgIpc) is 3.09. The van der Waals surface area contributed by atoms with Crippen molar-refractivity contribution in [1.29, 1.82) is 0 Å². The molecule has 1 aliphatic heterocycles. The van der Waals surface area contributed by atoms with Gasteiger partial charge >= 0.3 is 0 Å². The van der Waals surface area contributed by atoms with E-state index in [2.05, 4.69) is 9.82 Å². The fourth-order valence-electron chi connectivity index (χ4n) is 3.67. The number of rotatable bonds is 5. The molecule has 0 spiro atoms. The van der Waals surface area contributed by atoms with Gasteiger partial charge in [-0.25, -0.2) is 13.1 Å². The van der Waals surface area contributed by atoms with Crippen LogP contribution in [0, 0.1) is 13.8 Å². The van der Waals surface area contributed by atoms with Gasteiger partial charge in [0.1, 0.15) is 4.90 Å². The average molecular weight is 441 g/mol. The summed E-state index contributed by atoms with van der Waals surface area (Å²) in [5.41, 5.74) is 2.61. The fraction of sp³-hybridized carbons (Fsp3) is 0.273. The van der Waals surface area contributed by atoms with Gasteiger partial charge in [-0.3, -0.25) is 9.52 Å². The Morgan fingerprint density at radius 2 is 1.65 bits per heavy atom. The first kappa shape index (κ1) is 21.1. The quantitative estimate of drug-likeness (QED) is 0.659. The topological polar surface area (TPSA) is 93.5 Å². The summed E-state index contributed by atoms with van der Waals surface area (Å²) in [6.45, 7) is 5.56. The third-order valence-corrected chi connectivity index (χ3v) is 6.81. The molecule has 1 aromatic heterocycles. The fourth-order valence-corrected chi connectivity index (χ4v) is 5.13. The molecule has 0 radical (unpaired) electrons. The number of anilines is 1. The molecular formula is C22H24N4O4S. The molecule has 0 atom stereocenters. The van der Waals surface area contributed by atoms with E-state index in [0.29, 0.717) is 48.9 Å². The van der Waals surface area contributed by atoms with Gasteiger partial charge in [0.05, 0.1) is 30.3 Å². The number of para-hydroxylation sites is 1. The molecule has 2 heterocycles. The van der Waals surface area contributed by atoms with Gasteiger partial charge in [-0.2, -0.15) is 5.10 Å². The number of amides is 1. The van der Waals surface area contributed by atoms with Crippen molar-refractivity contribution in [2.75, 3.05) is 31.0 Å². The highest BCUT2D eigenvalue weighted by Gasteiger charge is 2.25. The van der Waals surface area contributed by atoms with E-state index >= 15 is 0 Å². The first-order valence-electron chi connectivity index (χ1n) is 9.98. The molecular weight excluding hydrogens is 416 g/mol. The normalized spacial score (nSPS) is 14.5. The highest BCUT2D eigenvalue weighted by atomic mass is 32.2. The van der Waals surface area contributed by atoms with Gasteiger partial charge in [-0.1, -0.05) is 18.2 Å². The van der Waals surface area contributed by atoms with E-state index in [0.717, 1.165) is 5.69 Å². The zero-order valence-corrected chi connectivity index (χ0v) is 18.2. The van der Waals surface area contributed by atoms with Gasteiger partial charge in [0, 0.05) is 24.3 Å². The number of hydrogen-bond acceptors (Lipinski definition) is 5. The number of hydrogen-bond donors (Lipinski definition) is 1. The summed E-state index contributed by atoms with van der Waals surface area (Å²) >= 11 is 0. The van der Waals surface area contributed by atoms with E-state index in [1.807, 2.05) is 30.3 Å². The summed E-state index contributed by atoms with van der Waals surface area (Å²) in [4.78, 5) is 14.4. The van der Waals surface area contributed by atoms with Crippen molar-refractivity contribution >= 4 is 21.6 Å². The van der Waals surface area contributed by atoms with Crippen molar-refractivity contribution in [3.63, 3.8) is 0 Å². The molecule has 0 saturated carbocycles. The molecule has 0 unspecified atom stereocenters. The van der Waals surface area contributed by atoms with E-state index in [4.69, 9.17) is 4.74 Å². The van der Waals surface area contributed by atoms with Crippen LogP contribution in [0.1, 0.15) is 21.7 Å². The van der Waals surface area contributed by atoms with Crippen LogP contribution >= 0.6 is 0 Å². The summed E-state index contributed by atoms with van der Waals surface area (Å²) in [7, 11) is -3.86. The molecule has 3 aromatic rings. The Hall–Kier alpha value is -3.17. The largest absolute Gasteiger partial charge is 0.378 e. The third-order valence-electron chi connectivity index (χ3n) is 5.18. The maximum Gasteiger partial charge on any atom is 0.265 e. The molecule has 0 bridgehead atoms. The zero-order valence-electron chi connectivity index (χ0n) is 17.4.